The fourth-order valence-corrected chi connectivity index (χ4v) is 2.58. The molecular weight excluding hydrogens is 244 g/mol. The Morgan fingerprint density at radius 2 is 1.53 bits per heavy atom. The van der Waals surface area contributed by atoms with Gasteiger partial charge in [0.15, 0.2) is 0 Å². The molecule has 2 amide bonds. The van der Waals surface area contributed by atoms with Gasteiger partial charge < -0.3 is 15.1 Å². The van der Waals surface area contributed by atoms with Crippen molar-refractivity contribution in [3.63, 3.8) is 0 Å². The van der Waals surface area contributed by atoms with Crippen molar-refractivity contribution in [1.82, 2.24) is 20.0 Å². The molecule has 0 unspecified atom stereocenters. The predicted molar refractivity (Wildman–Crippen MR) is 72.8 cm³/mol. The second-order valence-electron chi connectivity index (χ2n) is 5.22. The molecule has 108 valence electrons. The maximum Gasteiger partial charge on any atom is 0.242 e. The zero-order valence-corrected chi connectivity index (χ0v) is 11.7. The first-order valence-electron chi connectivity index (χ1n) is 7.19. The molecule has 0 aromatic rings. The van der Waals surface area contributed by atoms with Crippen molar-refractivity contribution in [2.45, 2.75) is 13.3 Å². The molecule has 0 radical (unpaired) electrons. The fraction of sp³-hybridized carbons (Fsp3) is 0.846. The van der Waals surface area contributed by atoms with Crippen LogP contribution in [0.2, 0.25) is 0 Å². The van der Waals surface area contributed by atoms with Crippen molar-refractivity contribution < 1.29 is 9.59 Å². The van der Waals surface area contributed by atoms with Gasteiger partial charge in [0.25, 0.3) is 0 Å². The summed E-state index contributed by atoms with van der Waals surface area (Å²) in [6.07, 6.45) is 0.903. The number of carbonyl (C=O) groups is 2. The van der Waals surface area contributed by atoms with Crippen LogP contribution in [0.15, 0.2) is 0 Å². The van der Waals surface area contributed by atoms with Crippen LogP contribution in [0.25, 0.3) is 0 Å². The SMILES string of the molecule is CCCN1CC(=O)N(CCN2CCNCC2)CC1=O. The van der Waals surface area contributed by atoms with Crippen LogP contribution in [0.3, 0.4) is 0 Å². The first kappa shape index (κ1) is 14.3. The highest BCUT2D eigenvalue weighted by Crippen LogP contribution is 2.06. The summed E-state index contributed by atoms with van der Waals surface area (Å²) in [5.41, 5.74) is 0. The standard InChI is InChI=1S/C13H24N4O2/c1-2-5-16-10-13(19)17(11-12(16)18)9-8-15-6-3-14-4-7-15/h14H,2-11H2,1H3. The molecule has 2 rings (SSSR count). The highest BCUT2D eigenvalue weighted by Gasteiger charge is 2.29. The average molecular weight is 268 g/mol. The van der Waals surface area contributed by atoms with Gasteiger partial charge in [-0.2, -0.15) is 0 Å². The third kappa shape index (κ3) is 3.91. The lowest BCUT2D eigenvalue weighted by Gasteiger charge is -2.35. The Kier molecular flexibility index (Phi) is 5.15. The van der Waals surface area contributed by atoms with Gasteiger partial charge in [-0.3, -0.25) is 14.5 Å². The molecule has 6 nitrogen and oxygen atoms in total. The van der Waals surface area contributed by atoms with Crippen LogP contribution in [0.1, 0.15) is 13.3 Å². The van der Waals surface area contributed by atoms with Crippen molar-refractivity contribution in [2.24, 2.45) is 0 Å². The van der Waals surface area contributed by atoms with Crippen molar-refractivity contribution in [1.29, 1.82) is 0 Å². The van der Waals surface area contributed by atoms with Gasteiger partial charge in [-0.25, -0.2) is 0 Å². The summed E-state index contributed by atoms with van der Waals surface area (Å²) in [7, 11) is 0. The molecule has 0 spiro atoms. The summed E-state index contributed by atoms with van der Waals surface area (Å²) in [4.78, 5) is 29.6. The third-order valence-corrected chi connectivity index (χ3v) is 3.75. The second kappa shape index (κ2) is 6.86. The Balaban J connectivity index is 1.77. The molecule has 0 aromatic carbocycles. The minimum atomic E-state index is 0.0850. The van der Waals surface area contributed by atoms with E-state index in [9.17, 15) is 9.59 Å². The van der Waals surface area contributed by atoms with Crippen LogP contribution >= 0.6 is 0 Å². The van der Waals surface area contributed by atoms with Crippen LogP contribution in [-0.2, 0) is 9.59 Å². The topological polar surface area (TPSA) is 55.9 Å². The fourth-order valence-electron chi connectivity index (χ4n) is 2.58. The van der Waals surface area contributed by atoms with E-state index < -0.39 is 0 Å². The molecular formula is C13H24N4O2. The Labute approximate surface area is 114 Å². The number of nitrogens with one attached hydrogen (secondary N) is 1. The maximum atomic E-state index is 12.0. The molecule has 2 saturated heterocycles. The summed E-state index contributed by atoms with van der Waals surface area (Å²) in [5.74, 6) is 0.171. The summed E-state index contributed by atoms with van der Waals surface area (Å²) in [6.45, 7) is 8.84. The van der Waals surface area contributed by atoms with Crippen molar-refractivity contribution in [3.8, 4) is 0 Å². The molecule has 1 N–H and O–H groups in total. The molecule has 0 bridgehead atoms. The quantitative estimate of drug-likeness (QED) is 0.693. The molecule has 0 aliphatic carbocycles. The molecule has 0 saturated carbocycles. The first-order valence-corrected chi connectivity index (χ1v) is 7.19. The van der Waals surface area contributed by atoms with E-state index in [0.29, 0.717) is 13.1 Å². The van der Waals surface area contributed by atoms with E-state index in [-0.39, 0.29) is 24.9 Å². The smallest absolute Gasteiger partial charge is 0.242 e. The third-order valence-electron chi connectivity index (χ3n) is 3.75. The number of amides is 2. The van der Waals surface area contributed by atoms with Crippen LogP contribution in [-0.4, -0.2) is 85.4 Å². The first-order chi connectivity index (χ1) is 9.20. The summed E-state index contributed by atoms with van der Waals surface area (Å²) >= 11 is 0. The number of rotatable bonds is 5. The number of carbonyl (C=O) groups excluding carboxylic acids is 2. The van der Waals surface area contributed by atoms with Crippen LogP contribution in [0.5, 0.6) is 0 Å². The Hall–Kier alpha value is -1.14. The van der Waals surface area contributed by atoms with E-state index in [1.165, 1.54) is 0 Å². The van der Waals surface area contributed by atoms with Gasteiger partial charge in [-0.05, 0) is 6.42 Å². The number of hydrogen-bond donors (Lipinski definition) is 1. The summed E-state index contributed by atoms with van der Waals surface area (Å²) < 4.78 is 0. The second-order valence-corrected chi connectivity index (χ2v) is 5.22. The normalized spacial score (nSPS) is 22.2. The highest BCUT2D eigenvalue weighted by molar-refractivity contribution is 5.92. The molecule has 2 heterocycles. The van der Waals surface area contributed by atoms with E-state index in [1.807, 2.05) is 6.92 Å². The van der Waals surface area contributed by atoms with Gasteiger partial charge >= 0.3 is 0 Å². The largest absolute Gasteiger partial charge is 0.332 e. The summed E-state index contributed by atoms with van der Waals surface area (Å²) in [6, 6.07) is 0. The van der Waals surface area contributed by atoms with E-state index in [1.54, 1.807) is 9.80 Å². The van der Waals surface area contributed by atoms with Crippen molar-refractivity contribution >= 4 is 11.8 Å². The van der Waals surface area contributed by atoms with Gasteiger partial charge in [0.2, 0.25) is 11.8 Å². The lowest BCUT2D eigenvalue weighted by Crippen LogP contribution is -2.55. The molecule has 2 aliphatic heterocycles. The lowest BCUT2D eigenvalue weighted by molar-refractivity contribution is -0.150. The van der Waals surface area contributed by atoms with Crippen LogP contribution < -0.4 is 5.32 Å². The van der Waals surface area contributed by atoms with E-state index in [0.717, 1.165) is 39.1 Å². The van der Waals surface area contributed by atoms with Gasteiger partial charge in [0, 0.05) is 45.8 Å². The number of nitrogens with zero attached hydrogens (tertiary/aromatic N) is 3. The summed E-state index contributed by atoms with van der Waals surface area (Å²) in [5, 5.41) is 3.31. The number of piperazine rings is 2. The van der Waals surface area contributed by atoms with E-state index in [4.69, 9.17) is 0 Å². The Morgan fingerprint density at radius 1 is 0.947 bits per heavy atom. The van der Waals surface area contributed by atoms with Crippen molar-refractivity contribution in [2.75, 3.05) is 58.9 Å². The monoisotopic (exact) mass is 268 g/mol. The molecule has 0 atom stereocenters. The van der Waals surface area contributed by atoms with E-state index in [2.05, 4.69) is 10.2 Å². The molecule has 6 heteroatoms. The van der Waals surface area contributed by atoms with E-state index >= 15 is 0 Å². The lowest BCUT2D eigenvalue weighted by atomic mass is 10.2. The zero-order chi connectivity index (χ0) is 13.7. The van der Waals surface area contributed by atoms with Gasteiger partial charge in [0.1, 0.15) is 0 Å². The highest BCUT2D eigenvalue weighted by atomic mass is 16.2. The van der Waals surface area contributed by atoms with Gasteiger partial charge in [-0.15, -0.1) is 0 Å². The molecule has 2 aliphatic rings. The maximum absolute atomic E-state index is 12.0. The Morgan fingerprint density at radius 3 is 2.11 bits per heavy atom. The molecule has 2 fully saturated rings. The zero-order valence-electron chi connectivity index (χ0n) is 11.7. The van der Waals surface area contributed by atoms with Crippen molar-refractivity contribution in [3.05, 3.63) is 0 Å². The number of hydrogen-bond acceptors (Lipinski definition) is 4. The molecule has 19 heavy (non-hydrogen) atoms. The van der Waals surface area contributed by atoms with Gasteiger partial charge in [0.05, 0.1) is 13.1 Å². The van der Waals surface area contributed by atoms with Crippen LogP contribution in [0, 0.1) is 0 Å². The van der Waals surface area contributed by atoms with Gasteiger partial charge in [-0.1, -0.05) is 6.92 Å². The minimum Gasteiger partial charge on any atom is -0.332 e. The molecule has 0 aromatic heterocycles. The van der Waals surface area contributed by atoms with Crippen LogP contribution in [0.4, 0.5) is 0 Å². The minimum absolute atomic E-state index is 0.0850. The Bertz CT molecular complexity index is 329. The predicted octanol–water partition coefficient (Wildman–Crippen LogP) is -1.03. The average Bonchev–Trinajstić information content (AvgIpc) is 2.42.